The Hall–Kier alpha value is -1.51. The maximum absolute atomic E-state index is 10.1. The predicted octanol–water partition coefficient (Wildman–Crippen LogP) is 1.20. The third kappa shape index (κ3) is 1.49. The lowest BCUT2D eigenvalue weighted by atomic mass is 10.1. The average molecular weight is 178 g/mol. The first-order chi connectivity index (χ1) is 6.42. The van der Waals surface area contributed by atoms with E-state index in [1.807, 2.05) is 18.2 Å². The zero-order valence-electron chi connectivity index (χ0n) is 7.16. The summed E-state index contributed by atoms with van der Waals surface area (Å²) in [6, 6.07) is 5.73. The van der Waals surface area contributed by atoms with Crippen LogP contribution < -0.4 is 9.47 Å². The van der Waals surface area contributed by atoms with E-state index in [4.69, 9.17) is 9.47 Å². The Morgan fingerprint density at radius 3 is 3.31 bits per heavy atom. The molecule has 1 aromatic rings. The monoisotopic (exact) mass is 178 g/mol. The average Bonchev–Trinajstić information content (AvgIpc) is 2.62. The molecule has 13 heavy (non-hydrogen) atoms. The minimum Gasteiger partial charge on any atom is -0.489 e. The van der Waals surface area contributed by atoms with Crippen molar-refractivity contribution in [3.8, 4) is 11.5 Å². The zero-order valence-corrected chi connectivity index (χ0v) is 7.16. The largest absolute Gasteiger partial charge is 0.489 e. The molecule has 0 saturated heterocycles. The third-order valence-corrected chi connectivity index (χ3v) is 1.99. The smallest absolute Gasteiger partial charge is 0.164 e. The summed E-state index contributed by atoms with van der Waals surface area (Å²) < 4.78 is 10.6. The van der Waals surface area contributed by atoms with Gasteiger partial charge in [0.1, 0.15) is 6.61 Å². The molecule has 3 nitrogen and oxygen atoms in total. The maximum Gasteiger partial charge on any atom is 0.164 e. The Bertz CT molecular complexity index is 320. The molecule has 0 N–H and O–H groups in total. The zero-order chi connectivity index (χ0) is 9.10. The van der Waals surface area contributed by atoms with Crippen molar-refractivity contribution in [2.45, 2.75) is 6.42 Å². The highest BCUT2D eigenvalue weighted by Crippen LogP contribution is 2.35. The highest BCUT2D eigenvalue weighted by molar-refractivity contribution is 5.54. The Balaban J connectivity index is 2.25. The van der Waals surface area contributed by atoms with Crippen LogP contribution in [0.25, 0.3) is 0 Å². The van der Waals surface area contributed by atoms with Crippen LogP contribution in [0.4, 0.5) is 0 Å². The van der Waals surface area contributed by atoms with Crippen molar-refractivity contribution in [3.05, 3.63) is 23.8 Å². The molecular weight excluding hydrogens is 168 g/mol. The number of carbonyl (C=O) groups is 1. The summed E-state index contributed by atoms with van der Waals surface area (Å²) in [7, 11) is 0. The van der Waals surface area contributed by atoms with Crippen molar-refractivity contribution in [2.24, 2.45) is 0 Å². The summed E-state index contributed by atoms with van der Waals surface area (Å²) in [5.41, 5.74) is 1.16. The van der Waals surface area contributed by atoms with Gasteiger partial charge < -0.3 is 9.47 Å². The van der Waals surface area contributed by atoms with Gasteiger partial charge in [-0.1, -0.05) is 12.1 Å². The fourth-order valence-electron chi connectivity index (χ4n) is 1.42. The second kappa shape index (κ2) is 3.47. The molecule has 1 aliphatic rings. The third-order valence-electron chi connectivity index (χ3n) is 1.99. The van der Waals surface area contributed by atoms with Gasteiger partial charge in [-0.3, -0.25) is 4.79 Å². The normalized spacial score (nSPS) is 13.2. The van der Waals surface area contributed by atoms with Crippen LogP contribution >= 0.6 is 0 Å². The molecule has 0 aliphatic carbocycles. The van der Waals surface area contributed by atoms with Crippen molar-refractivity contribution >= 4 is 6.29 Å². The summed E-state index contributed by atoms with van der Waals surface area (Å²) in [6.45, 7) is 0.788. The van der Waals surface area contributed by atoms with Crippen LogP contribution in [-0.2, 0) is 11.2 Å². The molecule has 0 fully saturated rings. The van der Waals surface area contributed by atoms with E-state index in [0.29, 0.717) is 12.4 Å². The standard InChI is InChI=1S/C10H10O3/c11-5-7-12-9-3-1-2-8-4-6-13-10(8)9/h1-3,5H,4,6-7H2. The summed E-state index contributed by atoms with van der Waals surface area (Å²) >= 11 is 0. The molecule has 68 valence electrons. The fourth-order valence-corrected chi connectivity index (χ4v) is 1.42. The number of benzene rings is 1. The van der Waals surface area contributed by atoms with Crippen molar-refractivity contribution in [1.82, 2.24) is 0 Å². The first kappa shape index (κ1) is 8.10. The van der Waals surface area contributed by atoms with Gasteiger partial charge in [-0.25, -0.2) is 0 Å². The second-order valence-corrected chi connectivity index (χ2v) is 2.82. The van der Waals surface area contributed by atoms with E-state index in [1.54, 1.807) is 0 Å². The Morgan fingerprint density at radius 1 is 1.54 bits per heavy atom. The van der Waals surface area contributed by atoms with E-state index in [-0.39, 0.29) is 6.61 Å². The molecule has 1 heterocycles. The molecule has 0 spiro atoms. The molecule has 0 atom stereocenters. The van der Waals surface area contributed by atoms with Gasteiger partial charge in [0.05, 0.1) is 6.61 Å². The van der Waals surface area contributed by atoms with Crippen LogP contribution in [0.2, 0.25) is 0 Å². The van der Waals surface area contributed by atoms with Gasteiger partial charge in [0.15, 0.2) is 17.8 Å². The molecule has 0 amide bonds. The lowest BCUT2D eigenvalue weighted by Gasteiger charge is -2.06. The SMILES string of the molecule is O=CCOc1cccc2c1OCC2. The van der Waals surface area contributed by atoms with Crippen molar-refractivity contribution in [2.75, 3.05) is 13.2 Å². The van der Waals surface area contributed by atoms with Crippen molar-refractivity contribution in [3.63, 3.8) is 0 Å². The van der Waals surface area contributed by atoms with Gasteiger partial charge >= 0.3 is 0 Å². The lowest BCUT2D eigenvalue weighted by Crippen LogP contribution is -1.99. The van der Waals surface area contributed by atoms with Gasteiger partial charge in [0, 0.05) is 12.0 Å². The Kier molecular flexibility index (Phi) is 2.17. The number of rotatable bonds is 3. The Morgan fingerprint density at radius 2 is 2.46 bits per heavy atom. The minimum absolute atomic E-state index is 0.0831. The van der Waals surface area contributed by atoms with Gasteiger partial charge in [-0.05, 0) is 6.07 Å². The highest BCUT2D eigenvalue weighted by atomic mass is 16.5. The van der Waals surface area contributed by atoms with Crippen molar-refractivity contribution in [1.29, 1.82) is 0 Å². The topological polar surface area (TPSA) is 35.5 Å². The number of fused-ring (bicyclic) bond motifs is 1. The van der Waals surface area contributed by atoms with Crippen LogP contribution in [0, 0.1) is 0 Å². The van der Waals surface area contributed by atoms with Crippen LogP contribution in [-0.4, -0.2) is 19.5 Å². The summed E-state index contributed by atoms with van der Waals surface area (Å²) in [6.07, 6.45) is 1.65. The molecular formula is C10H10O3. The van der Waals surface area contributed by atoms with Crippen LogP contribution in [0.5, 0.6) is 11.5 Å². The molecule has 3 heteroatoms. The molecule has 1 aliphatic heterocycles. The summed E-state index contributed by atoms with van der Waals surface area (Å²) in [5.74, 6) is 1.46. The number of carbonyl (C=O) groups excluding carboxylic acids is 1. The molecule has 2 rings (SSSR count). The first-order valence-corrected chi connectivity index (χ1v) is 4.23. The summed E-state index contributed by atoms with van der Waals surface area (Å²) in [5, 5.41) is 0. The number of hydrogen-bond donors (Lipinski definition) is 0. The van der Waals surface area contributed by atoms with Gasteiger partial charge in [-0.15, -0.1) is 0 Å². The van der Waals surface area contributed by atoms with E-state index >= 15 is 0 Å². The van der Waals surface area contributed by atoms with Crippen molar-refractivity contribution < 1.29 is 14.3 Å². The minimum atomic E-state index is 0.0831. The molecule has 0 radical (unpaired) electrons. The molecule has 1 aromatic carbocycles. The molecule has 0 aromatic heterocycles. The van der Waals surface area contributed by atoms with Crippen LogP contribution in [0.3, 0.4) is 0 Å². The van der Waals surface area contributed by atoms with Gasteiger partial charge in [-0.2, -0.15) is 0 Å². The number of aldehydes is 1. The maximum atomic E-state index is 10.1. The first-order valence-electron chi connectivity index (χ1n) is 4.23. The lowest BCUT2D eigenvalue weighted by molar-refractivity contribution is -0.109. The molecule has 0 unspecified atom stereocenters. The van der Waals surface area contributed by atoms with Gasteiger partial charge in [0.2, 0.25) is 0 Å². The predicted molar refractivity (Wildman–Crippen MR) is 47.2 cm³/mol. The van der Waals surface area contributed by atoms with E-state index in [9.17, 15) is 4.79 Å². The van der Waals surface area contributed by atoms with E-state index in [1.165, 1.54) is 0 Å². The summed E-state index contributed by atoms with van der Waals surface area (Å²) in [4.78, 5) is 10.1. The number of ether oxygens (including phenoxy) is 2. The van der Waals surface area contributed by atoms with Crippen LogP contribution in [0.15, 0.2) is 18.2 Å². The van der Waals surface area contributed by atoms with Crippen LogP contribution in [0.1, 0.15) is 5.56 Å². The number of hydrogen-bond acceptors (Lipinski definition) is 3. The van der Waals surface area contributed by atoms with E-state index in [0.717, 1.165) is 24.0 Å². The number of para-hydroxylation sites is 1. The molecule has 0 saturated carbocycles. The Labute approximate surface area is 76.3 Å². The second-order valence-electron chi connectivity index (χ2n) is 2.82. The fraction of sp³-hybridized carbons (Fsp3) is 0.300. The van der Waals surface area contributed by atoms with Gasteiger partial charge in [0.25, 0.3) is 0 Å². The quantitative estimate of drug-likeness (QED) is 0.652. The van der Waals surface area contributed by atoms with E-state index in [2.05, 4.69) is 0 Å². The molecule has 0 bridgehead atoms. The van der Waals surface area contributed by atoms with E-state index < -0.39 is 0 Å². The highest BCUT2D eigenvalue weighted by Gasteiger charge is 2.16.